The fourth-order valence-electron chi connectivity index (χ4n) is 3.86. The van der Waals surface area contributed by atoms with Gasteiger partial charge in [0.05, 0.1) is 11.2 Å². The lowest BCUT2D eigenvalue weighted by molar-refractivity contribution is -0.116. The van der Waals surface area contributed by atoms with E-state index in [2.05, 4.69) is 20.4 Å². The Morgan fingerprint density at radius 2 is 1.84 bits per heavy atom. The fourth-order valence-corrected chi connectivity index (χ4v) is 3.86. The summed E-state index contributed by atoms with van der Waals surface area (Å²) < 4.78 is 6.50. The van der Waals surface area contributed by atoms with Crippen molar-refractivity contribution in [3.8, 4) is 11.3 Å². The van der Waals surface area contributed by atoms with E-state index >= 15 is 0 Å². The number of benzene rings is 2. The molecular formula is C23H21N5O3. The number of fused-ring (bicyclic) bond motifs is 1. The summed E-state index contributed by atoms with van der Waals surface area (Å²) in [5.74, 6) is 0.0169. The number of nitrogens with one attached hydrogen (secondary N) is 1. The molecule has 5 rings (SSSR count). The highest BCUT2D eigenvalue weighted by Gasteiger charge is 2.15. The zero-order chi connectivity index (χ0) is 21.2. The van der Waals surface area contributed by atoms with Crippen molar-refractivity contribution in [1.29, 1.82) is 0 Å². The maximum atomic E-state index is 12.6. The van der Waals surface area contributed by atoms with Gasteiger partial charge in [-0.05, 0) is 49.2 Å². The number of carbonyl (C=O) groups excluding carboxylic acids is 1. The standard InChI is InChI=1S/C23H21N5O3/c29-22(15-28-19-8-1-2-9-20(19)31-23(28)30)24-17-7-5-6-16(14-17)18-10-11-21(26-25-18)27-12-3-4-13-27/h1-2,5-11,14H,3-4,12-13,15H2,(H,24,29). The summed E-state index contributed by atoms with van der Waals surface area (Å²) in [5.41, 5.74) is 3.25. The zero-order valence-electron chi connectivity index (χ0n) is 16.8. The van der Waals surface area contributed by atoms with Crippen LogP contribution in [0.4, 0.5) is 11.5 Å². The van der Waals surface area contributed by atoms with Gasteiger partial charge in [0, 0.05) is 24.3 Å². The summed E-state index contributed by atoms with van der Waals surface area (Å²) in [7, 11) is 0. The van der Waals surface area contributed by atoms with Crippen LogP contribution >= 0.6 is 0 Å². The Hall–Kier alpha value is -3.94. The molecule has 0 saturated carbocycles. The molecule has 1 N–H and O–H groups in total. The van der Waals surface area contributed by atoms with Crippen molar-refractivity contribution in [3.63, 3.8) is 0 Å². The Labute approximate surface area is 178 Å². The molecule has 2 aromatic carbocycles. The number of oxazole rings is 1. The van der Waals surface area contributed by atoms with Crippen molar-refractivity contribution in [1.82, 2.24) is 14.8 Å². The number of amides is 1. The number of aromatic nitrogens is 3. The van der Waals surface area contributed by atoms with Crippen LogP contribution in [0.2, 0.25) is 0 Å². The number of anilines is 2. The fraction of sp³-hybridized carbons (Fsp3) is 0.217. The molecule has 0 bridgehead atoms. The quantitative estimate of drug-likeness (QED) is 0.538. The number of nitrogens with zero attached hydrogens (tertiary/aromatic N) is 4. The molecule has 0 spiro atoms. The van der Waals surface area contributed by atoms with E-state index in [1.807, 2.05) is 30.3 Å². The van der Waals surface area contributed by atoms with Crippen molar-refractivity contribution in [2.24, 2.45) is 0 Å². The van der Waals surface area contributed by atoms with E-state index in [0.717, 1.165) is 30.2 Å². The van der Waals surface area contributed by atoms with Crippen molar-refractivity contribution >= 4 is 28.5 Å². The minimum absolute atomic E-state index is 0.135. The predicted molar refractivity (Wildman–Crippen MR) is 118 cm³/mol. The van der Waals surface area contributed by atoms with Gasteiger partial charge in [-0.25, -0.2) is 4.79 Å². The van der Waals surface area contributed by atoms with Gasteiger partial charge in [-0.2, -0.15) is 0 Å². The molecule has 4 aromatic rings. The van der Waals surface area contributed by atoms with Crippen LogP contribution in [0, 0.1) is 0 Å². The first-order chi connectivity index (χ1) is 15.2. The van der Waals surface area contributed by atoms with Gasteiger partial charge < -0.3 is 14.6 Å². The molecule has 1 amide bonds. The Morgan fingerprint density at radius 3 is 2.65 bits per heavy atom. The third kappa shape index (κ3) is 3.92. The number of hydrogen-bond acceptors (Lipinski definition) is 6. The molecule has 0 unspecified atom stereocenters. The molecule has 3 heterocycles. The van der Waals surface area contributed by atoms with E-state index in [9.17, 15) is 9.59 Å². The molecule has 8 heteroatoms. The molecule has 31 heavy (non-hydrogen) atoms. The van der Waals surface area contributed by atoms with Gasteiger partial charge in [0.2, 0.25) is 5.91 Å². The van der Waals surface area contributed by atoms with Gasteiger partial charge in [-0.1, -0.05) is 24.3 Å². The lowest BCUT2D eigenvalue weighted by Crippen LogP contribution is -2.24. The summed E-state index contributed by atoms with van der Waals surface area (Å²) in [6, 6.07) is 18.4. The van der Waals surface area contributed by atoms with Crippen LogP contribution in [-0.2, 0) is 11.3 Å². The summed E-state index contributed by atoms with van der Waals surface area (Å²) in [6.45, 7) is 1.90. The lowest BCUT2D eigenvalue weighted by Gasteiger charge is -2.15. The van der Waals surface area contributed by atoms with Crippen molar-refractivity contribution in [2.45, 2.75) is 19.4 Å². The van der Waals surface area contributed by atoms with Crippen LogP contribution in [-0.4, -0.2) is 33.8 Å². The van der Waals surface area contributed by atoms with Gasteiger partial charge in [-0.15, -0.1) is 10.2 Å². The molecule has 8 nitrogen and oxygen atoms in total. The van der Waals surface area contributed by atoms with E-state index in [-0.39, 0.29) is 12.5 Å². The minimum atomic E-state index is -0.557. The molecule has 1 aliphatic heterocycles. The highest BCUT2D eigenvalue weighted by molar-refractivity contribution is 5.92. The first-order valence-corrected chi connectivity index (χ1v) is 10.2. The molecule has 0 radical (unpaired) electrons. The predicted octanol–water partition coefficient (Wildman–Crippen LogP) is 3.29. The second kappa shape index (κ2) is 8.06. The number of para-hydroxylation sites is 2. The second-order valence-corrected chi connectivity index (χ2v) is 7.52. The molecular weight excluding hydrogens is 394 g/mol. The van der Waals surface area contributed by atoms with Crippen LogP contribution in [0.1, 0.15) is 12.8 Å². The van der Waals surface area contributed by atoms with E-state index in [1.54, 1.807) is 30.3 Å². The molecule has 1 fully saturated rings. The normalized spacial score (nSPS) is 13.6. The Balaban J connectivity index is 1.31. The zero-order valence-corrected chi connectivity index (χ0v) is 16.8. The third-order valence-corrected chi connectivity index (χ3v) is 5.40. The average Bonchev–Trinajstić information content (AvgIpc) is 3.43. The van der Waals surface area contributed by atoms with E-state index in [4.69, 9.17) is 4.42 Å². The number of hydrogen-bond donors (Lipinski definition) is 1. The van der Waals surface area contributed by atoms with Gasteiger partial charge in [0.1, 0.15) is 6.54 Å². The maximum absolute atomic E-state index is 12.6. The third-order valence-electron chi connectivity index (χ3n) is 5.40. The monoisotopic (exact) mass is 415 g/mol. The van der Waals surface area contributed by atoms with E-state index in [1.165, 1.54) is 17.4 Å². The number of rotatable bonds is 5. The SMILES string of the molecule is O=C(Cn1c(=O)oc2ccccc21)Nc1cccc(-c2ccc(N3CCCC3)nn2)c1. The van der Waals surface area contributed by atoms with Gasteiger partial charge in [0.25, 0.3) is 0 Å². The van der Waals surface area contributed by atoms with Gasteiger partial charge in [-0.3, -0.25) is 9.36 Å². The van der Waals surface area contributed by atoms with E-state index < -0.39 is 5.76 Å². The first-order valence-electron chi connectivity index (χ1n) is 10.2. The first kappa shape index (κ1) is 19.0. The molecule has 0 atom stereocenters. The minimum Gasteiger partial charge on any atom is -0.408 e. The van der Waals surface area contributed by atoms with Gasteiger partial charge >= 0.3 is 5.76 Å². The van der Waals surface area contributed by atoms with E-state index in [0.29, 0.717) is 16.8 Å². The van der Waals surface area contributed by atoms with Crippen molar-refractivity contribution < 1.29 is 9.21 Å². The topological polar surface area (TPSA) is 93.3 Å². The molecule has 156 valence electrons. The van der Waals surface area contributed by atoms with Crippen molar-refractivity contribution in [2.75, 3.05) is 23.3 Å². The summed E-state index contributed by atoms with van der Waals surface area (Å²) in [5, 5.41) is 11.6. The molecule has 2 aromatic heterocycles. The summed E-state index contributed by atoms with van der Waals surface area (Å²) >= 11 is 0. The largest absolute Gasteiger partial charge is 0.420 e. The van der Waals surface area contributed by atoms with Crippen LogP contribution in [0.5, 0.6) is 0 Å². The smallest absolute Gasteiger partial charge is 0.408 e. The summed E-state index contributed by atoms with van der Waals surface area (Å²) in [6.07, 6.45) is 2.37. The average molecular weight is 415 g/mol. The second-order valence-electron chi connectivity index (χ2n) is 7.52. The van der Waals surface area contributed by atoms with Crippen LogP contribution in [0.3, 0.4) is 0 Å². The van der Waals surface area contributed by atoms with Crippen LogP contribution < -0.4 is 16.0 Å². The summed E-state index contributed by atoms with van der Waals surface area (Å²) in [4.78, 5) is 26.9. The van der Waals surface area contributed by atoms with Crippen LogP contribution in [0.25, 0.3) is 22.4 Å². The number of carbonyl (C=O) groups is 1. The Morgan fingerprint density at radius 1 is 1.00 bits per heavy atom. The Bertz CT molecular complexity index is 1290. The van der Waals surface area contributed by atoms with Gasteiger partial charge in [0.15, 0.2) is 11.4 Å². The Kier molecular flexibility index (Phi) is 4.95. The molecule has 1 saturated heterocycles. The molecule has 0 aliphatic carbocycles. The highest BCUT2D eigenvalue weighted by Crippen LogP contribution is 2.23. The molecule has 1 aliphatic rings. The highest BCUT2D eigenvalue weighted by atomic mass is 16.4. The lowest BCUT2D eigenvalue weighted by atomic mass is 10.1. The maximum Gasteiger partial charge on any atom is 0.420 e. The van der Waals surface area contributed by atoms with Crippen LogP contribution in [0.15, 0.2) is 69.9 Å². The van der Waals surface area contributed by atoms with Crippen molar-refractivity contribution in [3.05, 3.63) is 71.2 Å².